The Balaban J connectivity index is 1.33. The largest absolute Gasteiger partial charge is 0.411 e. The highest BCUT2D eigenvalue weighted by atomic mass is 79.9. The lowest BCUT2D eigenvalue weighted by Gasteiger charge is -2.00. The number of nitrogens with one attached hydrogen (secondary N) is 1. The predicted octanol–water partition coefficient (Wildman–Crippen LogP) is 5.49. The first-order chi connectivity index (χ1) is 14.1. The first-order valence-corrected chi connectivity index (χ1v) is 11.0. The third-order valence-corrected chi connectivity index (χ3v) is 5.80. The van der Waals surface area contributed by atoms with Crippen LogP contribution in [0.15, 0.2) is 68.0 Å². The zero-order valence-corrected chi connectivity index (χ0v) is 17.9. The highest BCUT2D eigenvalue weighted by Crippen LogP contribution is 2.27. The molecule has 146 valence electrons. The highest BCUT2D eigenvalue weighted by molar-refractivity contribution is 9.10. The maximum absolute atomic E-state index is 13.3. The van der Waals surface area contributed by atoms with Crippen LogP contribution in [0.2, 0.25) is 0 Å². The molecule has 0 radical (unpaired) electrons. The number of halogens is 2. The van der Waals surface area contributed by atoms with Gasteiger partial charge in [0, 0.05) is 21.0 Å². The van der Waals surface area contributed by atoms with Crippen LogP contribution in [0.25, 0.3) is 22.7 Å². The lowest BCUT2D eigenvalue weighted by molar-refractivity contribution is -0.113. The molecule has 0 atom stereocenters. The topological polar surface area (TPSA) is 80.9 Å². The second-order valence-corrected chi connectivity index (χ2v) is 8.47. The van der Waals surface area contributed by atoms with Gasteiger partial charge in [0.1, 0.15) is 5.82 Å². The van der Waals surface area contributed by atoms with E-state index in [2.05, 4.69) is 36.4 Å². The summed E-state index contributed by atoms with van der Waals surface area (Å²) in [4.78, 5) is 16.6. The van der Waals surface area contributed by atoms with E-state index in [9.17, 15) is 9.18 Å². The van der Waals surface area contributed by atoms with Crippen molar-refractivity contribution < 1.29 is 13.6 Å². The molecule has 1 N–H and O–H groups in total. The van der Waals surface area contributed by atoms with E-state index in [0.29, 0.717) is 10.7 Å². The minimum atomic E-state index is -0.389. The fourth-order valence-electron chi connectivity index (χ4n) is 2.37. The summed E-state index contributed by atoms with van der Waals surface area (Å²) < 4.78 is 19.8. The Kier molecular flexibility index (Phi) is 6.02. The minimum Gasteiger partial charge on any atom is -0.411 e. The molecule has 0 aliphatic rings. The Labute approximate surface area is 181 Å². The summed E-state index contributed by atoms with van der Waals surface area (Å²) in [6.45, 7) is 0. The average molecular weight is 491 g/mol. The number of hydrogen-bond acceptors (Lipinski definition) is 7. The van der Waals surface area contributed by atoms with Crippen molar-refractivity contribution in [3.8, 4) is 22.7 Å². The number of aromatic nitrogens is 3. The molecule has 0 saturated carbocycles. The number of amides is 1. The second kappa shape index (κ2) is 8.85. The lowest BCUT2D eigenvalue weighted by Crippen LogP contribution is -2.13. The van der Waals surface area contributed by atoms with Crippen molar-refractivity contribution in [2.45, 2.75) is 5.22 Å². The summed E-state index contributed by atoms with van der Waals surface area (Å²) in [5, 5.41) is 13.1. The van der Waals surface area contributed by atoms with Crippen molar-refractivity contribution in [1.82, 2.24) is 15.2 Å². The van der Waals surface area contributed by atoms with Crippen LogP contribution >= 0.6 is 39.0 Å². The number of benzene rings is 2. The van der Waals surface area contributed by atoms with Crippen molar-refractivity contribution in [3.63, 3.8) is 0 Å². The summed E-state index contributed by atoms with van der Waals surface area (Å²) in [6.07, 6.45) is 0. The molecule has 0 fully saturated rings. The van der Waals surface area contributed by atoms with Crippen LogP contribution in [-0.4, -0.2) is 26.8 Å². The lowest BCUT2D eigenvalue weighted by atomic mass is 10.2. The first-order valence-electron chi connectivity index (χ1n) is 8.30. The zero-order valence-electron chi connectivity index (χ0n) is 14.6. The molecule has 10 heteroatoms. The van der Waals surface area contributed by atoms with E-state index in [1.807, 2.05) is 29.6 Å². The number of anilines is 1. The van der Waals surface area contributed by atoms with Crippen molar-refractivity contribution in [2.75, 3.05) is 11.1 Å². The van der Waals surface area contributed by atoms with Crippen LogP contribution in [0.1, 0.15) is 0 Å². The van der Waals surface area contributed by atoms with E-state index < -0.39 is 0 Å². The molecule has 6 nitrogen and oxygen atoms in total. The smallest absolute Gasteiger partial charge is 0.277 e. The third-order valence-electron chi connectivity index (χ3n) is 3.70. The Morgan fingerprint density at radius 1 is 1.17 bits per heavy atom. The van der Waals surface area contributed by atoms with Crippen molar-refractivity contribution in [2.24, 2.45) is 0 Å². The second-order valence-electron chi connectivity index (χ2n) is 5.77. The number of nitrogens with zero attached hydrogens (tertiary/aromatic N) is 3. The van der Waals surface area contributed by atoms with Gasteiger partial charge in [-0.25, -0.2) is 9.37 Å². The highest BCUT2D eigenvalue weighted by Gasteiger charge is 2.13. The molecule has 2 aromatic heterocycles. The Hall–Kier alpha value is -2.56. The van der Waals surface area contributed by atoms with Gasteiger partial charge in [-0.15, -0.1) is 21.5 Å². The molecule has 1 amide bonds. The molecule has 0 spiro atoms. The standard InChI is InChI=1S/C19H12BrFN4O2S2/c20-13-6-4-11(5-7-13)15-9-28-18(22-15)23-16(26)10-29-19-25-24-17(27-19)12-2-1-3-14(21)8-12/h1-9H,10H2,(H,22,23,26). The normalized spacial score (nSPS) is 10.8. The van der Waals surface area contributed by atoms with Gasteiger partial charge in [-0.05, 0) is 30.3 Å². The maximum atomic E-state index is 13.3. The average Bonchev–Trinajstić information content (AvgIpc) is 3.37. The summed E-state index contributed by atoms with van der Waals surface area (Å²) in [7, 11) is 0. The number of carbonyl (C=O) groups excluding carboxylic acids is 1. The summed E-state index contributed by atoms with van der Waals surface area (Å²) in [5.41, 5.74) is 2.24. The molecule has 4 rings (SSSR count). The zero-order chi connectivity index (χ0) is 20.2. The van der Waals surface area contributed by atoms with Gasteiger partial charge < -0.3 is 9.73 Å². The number of rotatable bonds is 6. The molecule has 29 heavy (non-hydrogen) atoms. The van der Waals surface area contributed by atoms with Gasteiger partial charge >= 0.3 is 0 Å². The van der Waals surface area contributed by atoms with Crippen LogP contribution in [0.4, 0.5) is 9.52 Å². The molecule has 2 heterocycles. The number of thioether (sulfide) groups is 1. The Morgan fingerprint density at radius 2 is 2.00 bits per heavy atom. The number of thiazole rings is 1. The van der Waals surface area contributed by atoms with Crippen LogP contribution in [0, 0.1) is 5.82 Å². The fourth-order valence-corrected chi connectivity index (χ4v) is 3.94. The summed E-state index contributed by atoms with van der Waals surface area (Å²) in [5.74, 6) is -0.346. The first kappa shape index (κ1) is 19.7. The molecule has 4 aromatic rings. The predicted molar refractivity (Wildman–Crippen MR) is 114 cm³/mol. The Morgan fingerprint density at radius 3 is 2.79 bits per heavy atom. The van der Waals surface area contributed by atoms with E-state index in [1.54, 1.807) is 12.1 Å². The third kappa shape index (κ3) is 5.08. The molecule has 2 aromatic carbocycles. The number of hydrogen-bond donors (Lipinski definition) is 1. The van der Waals surface area contributed by atoms with Gasteiger partial charge in [-0.2, -0.15) is 0 Å². The SMILES string of the molecule is O=C(CSc1nnc(-c2cccc(F)c2)o1)Nc1nc(-c2ccc(Br)cc2)cs1. The minimum absolute atomic E-state index is 0.0813. The van der Waals surface area contributed by atoms with Crippen molar-refractivity contribution in [3.05, 3.63) is 64.2 Å². The fraction of sp³-hybridized carbons (Fsp3) is 0.0526. The molecular weight excluding hydrogens is 479 g/mol. The van der Waals surface area contributed by atoms with Gasteiger partial charge in [0.2, 0.25) is 11.8 Å². The van der Waals surface area contributed by atoms with E-state index in [4.69, 9.17) is 4.42 Å². The monoisotopic (exact) mass is 490 g/mol. The van der Waals surface area contributed by atoms with Gasteiger partial charge in [0.15, 0.2) is 5.13 Å². The quantitative estimate of drug-likeness (QED) is 0.359. The van der Waals surface area contributed by atoms with Gasteiger partial charge in [-0.1, -0.05) is 45.9 Å². The number of carbonyl (C=O) groups is 1. The van der Waals surface area contributed by atoms with Crippen LogP contribution in [0.5, 0.6) is 0 Å². The Bertz CT molecular complexity index is 1150. The molecule has 0 aliphatic carbocycles. The molecule has 0 aliphatic heterocycles. The molecule has 0 bridgehead atoms. The van der Waals surface area contributed by atoms with Crippen LogP contribution in [0.3, 0.4) is 0 Å². The van der Waals surface area contributed by atoms with Gasteiger partial charge in [0.05, 0.1) is 11.4 Å². The molecular formula is C19H12BrFN4O2S2. The van der Waals surface area contributed by atoms with E-state index >= 15 is 0 Å². The van der Waals surface area contributed by atoms with Crippen molar-refractivity contribution in [1.29, 1.82) is 0 Å². The van der Waals surface area contributed by atoms with Gasteiger partial charge in [-0.3, -0.25) is 4.79 Å². The van der Waals surface area contributed by atoms with E-state index in [-0.39, 0.29) is 28.6 Å². The molecule has 0 saturated heterocycles. The summed E-state index contributed by atoms with van der Waals surface area (Å²) >= 11 is 5.85. The maximum Gasteiger partial charge on any atom is 0.277 e. The van der Waals surface area contributed by atoms with E-state index in [0.717, 1.165) is 27.5 Å². The van der Waals surface area contributed by atoms with Crippen LogP contribution < -0.4 is 5.32 Å². The van der Waals surface area contributed by atoms with E-state index in [1.165, 1.54) is 23.5 Å². The van der Waals surface area contributed by atoms with Crippen molar-refractivity contribution >= 4 is 50.1 Å². The summed E-state index contributed by atoms with van der Waals surface area (Å²) in [6, 6.07) is 13.6. The molecule has 0 unspecified atom stereocenters. The van der Waals surface area contributed by atoms with Crippen LogP contribution in [-0.2, 0) is 4.79 Å². The van der Waals surface area contributed by atoms with Gasteiger partial charge in [0.25, 0.3) is 5.22 Å².